The van der Waals surface area contributed by atoms with Crippen molar-refractivity contribution in [1.82, 2.24) is 4.31 Å². The molecule has 4 nitrogen and oxygen atoms in total. The van der Waals surface area contributed by atoms with Crippen molar-refractivity contribution in [1.29, 1.82) is 0 Å². The van der Waals surface area contributed by atoms with Crippen LogP contribution >= 0.6 is 0 Å². The van der Waals surface area contributed by atoms with Crippen molar-refractivity contribution in [2.45, 2.75) is 6.42 Å². The van der Waals surface area contributed by atoms with Crippen LogP contribution in [0.25, 0.3) is 6.08 Å². The fraction of sp³-hybridized carbons (Fsp3) is 0.154. The predicted molar refractivity (Wildman–Crippen MR) is 69.9 cm³/mol. The summed E-state index contributed by atoms with van der Waals surface area (Å²) in [5.74, 6) is -0.487. The molecule has 0 bridgehead atoms. The molecule has 0 radical (unpaired) electrons. The van der Waals surface area contributed by atoms with Crippen LogP contribution in [0, 0.1) is 0 Å². The van der Waals surface area contributed by atoms with E-state index in [2.05, 4.69) is 0 Å². The van der Waals surface area contributed by atoms with E-state index in [0.717, 1.165) is 15.3 Å². The largest absolute Gasteiger partial charge is 0.269 e. The molecular weight excluding hydrogens is 250 g/mol. The Morgan fingerprint density at radius 2 is 1.89 bits per heavy atom. The van der Waals surface area contributed by atoms with Crippen LogP contribution in [0.2, 0.25) is 0 Å². The zero-order valence-corrected chi connectivity index (χ0v) is 10.5. The minimum atomic E-state index is -3.68. The average molecular weight is 263 g/mol. The van der Waals surface area contributed by atoms with Gasteiger partial charge in [0.15, 0.2) is 0 Å². The fourth-order valence-corrected chi connectivity index (χ4v) is 2.77. The second kappa shape index (κ2) is 5.18. The van der Waals surface area contributed by atoms with Gasteiger partial charge in [-0.3, -0.25) is 4.79 Å². The first kappa shape index (κ1) is 12.6. The topological polar surface area (TPSA) is 54.5 Å². The van der Waals surface area contributed by atoms with Gasteiger partial charge in [-0.25, -0.2) is 12.7 Å². The van der Waals surface area contributed by atoms with Gasteiger partial charge in [0, 0.05) is 12.6 Å². The monoisotopic (exact) mass is 263 g/mol. The second-order valence-corrected chi connectivity index (χ2v) is 5.60. The fourth-order valence-electron chi connectivity index (χ4n) is 1.62. The van der Waals surface area contributed by atoms with Crippen molar-refractivity contribution < 1.29 is 13.2 Å². The maximum atomic E-state index is 12.0. The van der Waals surface area contributed by atoms with Crippen molar-refractivity contribution in [2.24, 2.45) is 0 Å². The first-order valence-electron chi connectivity index (χ1n) is 5.56. The lowest BCUT2D eigenvalue weighted by Crippen LogP contribution is -2.36. The number of benzene rings is 1. The SMILES string of the molecule is O=C1C=CCCN1S(=O)(=O)C=Cc1ccccc1. The molecule has 0 aliphatic carbocycles. The number of rotatable bonds is 3. The average Bonchev–Trinajstić information content (AvgIpc) is 2.38. The van der Waals surface area contributed by atoms with Gasteiger partial charge < -0.3 is 0 Å². The van der Waals surface area contributed by atoms with Gasteiger partial charge >= 0.3 is 0 Å². The summed E-state index contributed by atoms with van der Waals surface area (Å²) in [7, 11) is -3.68. The van der Waals surface area contributed by atoms with Gasteiger partial charge in [0.2, 0.25) is 0 Å². The van der Waals surface area contributed by atoms with Crippen molar-refractivity contribution in [3.63, 3.8) is 0 Å². The highest BCUT2D eigenvalue weighted by Crippen LogP contribution is 2.12. The van der Waals surface area contributed by atoms with Crippen LogP contribution in [0.5, 0.6) is 0 Å². The molecule has 0 saturated heterocycles. The molecule has 94 valence electrons. The Kier molecular flexibility index (Phi) is 3.62. The lowest BCUT2D eigenvalue weighted by Gasteiger charge is -2.20. The van der Waals surface area contributed by atoms with E-state index in [1.54, 1.807) is 18.2 Å². The lowest BCUT2D eigenvalue weighted by atomic mass is 10.2. The molecule has 5 heteroatoms. The molecule has 18 heavy (non-hydrogen) atoms. The number of sulfonamides is 1. The summed E-state index contributed by atoms with van der Waals surface area (Å²) in [6, 6.07) is 9.08. The quantitative estimate of drug-likeness (QED) is 0.835. The van der Waals surface area contributed by atoms with Crippen LogP contribution < -0.4 is 0 Å². The Hall–Kier alpha value is -1.88. The summed E-state index contributed by atoms with van der Waals surface area (Å²) < 4.78 is 24.8. The van der Waals surface area contributed by atoms with Crippen molar-refractivity contribution in [3.05, 3.63) is 53.5 Å². The molecule has 0 aromatic heterocycles. The molecule has 0 spiro atoms. The van der Waals surface area contributed by atoms with Gasteiger partial charge in [-0.1, -0.05) is 36.4 Å². The molecule has 1 aromatic rings. The minimum absolute atomic E-state index is 0.205. The minimum Gasteiger partial charge on any atom is -0.269 e. The van der Waals surface area contributed by atoms with Crippen LogP contribution in [0.1, 0.15) is 12.0 Å². The highest BCUT2D eigenvalue weighted by molar-refractivity contribution is 7.92. The third kappa shape index (κ3) is 2.87. The van der Waals surface area contributed by atoms with Gasteiger partial charge in [0.05, 0.1) is 5.41 Å². The molecule has 0 N–H and O–H groups in total. The molecule has 1 amide bonds. The van der Waals surface area contributed by atoms with E-state index < -0.39 is 15.9 Å². The molecule has 1 aliphatic heterocycles. The van der Waals surface area contributed by atoms with Crippen molar-refractivity contribution in [2.75, 3.05) is 6.54 Å². The van der Waals surface area contributed by atoms with E-state index in [9.17, 15) is 13.2 Å². The third-order valence-electron chi connectivity index (χ3n) is 2.54. The zero-order valence-electron chi connectivity index (χ0n) is 9.69. The third-order valence-corrected chi connectivity index (χ3v) is 4.00. The number of amides is 1. The van der Waals surface area contributed by atoms with Gasteiger partial charge in [-0.2, -0.15) is 0 Å². The number of hydrogen-bond donors (Lipinski definition) is 0. The summed E-state index contributed by atoms with van der Waals surface area (Å²) in [5.41, 5.74) is 0.779. The van der Waals surface area contributed by atoms with Crippen LogP contribution in [-0.4, -0.2) is 25.2 Å². The standard InChI is InChI=1S/C13H13NO3S/c15-13-8-4-5-10-14(13)18(16,17)11-9-12-6-2-1-3-7-12/h1-4,6-9,11H,5,10H2. The Bertz CT molecular complexity index is 588. The van der Waals surface area contributed by atoms with Crippen molar-refractivity contribution in [3.8, 4) is 0 Å². The van der Waals surface area contributed by atoms with E-state index >= 15 is 0 Å². The number of hydrogen-bond acceptors (Lipinski definition) is 3. The van der Waals surface area contributed by atoms with Crippen LogP contribution in [0.15, 0.2) is 47.9 Å². The van der Waals surface area contributed by atoms with Crippen molar-refractivity contribution >= 4 is 22.0 Å². The smallest absolute Gasteiger partial charge is 0.259 e. The molecule has 0 fully saturated rings. The first-order valence-corrected chi connectivity index (χ1v) is 7.06. The van der Waals surface area contributed by atoms with E-state index in [-0.39, 0.29) is 6.54 Å². The number of carbonyl (C=O) groups is 1. The summed E-state index contributed by atoms with van der Waals surface area (Å²) in [6.45, 7) is 0.205. The summed E-state index contributed by atoms with van der Waals surface area (Å²) >= 11 is 0. The van der Waals surface area contributed by atoms with Gasteiger partial charge in [0.1, 0.15) is 0 Å². The van der Waals surface area contributed by atoms with E-state index in [1.807, 2.05) is 18.2 Å². The molecule has 0 atom stereocenters. The molecule has 0 saturated carbocycles. The summed E-state index contributed by atoms with van der Waals surface area (Å²) in [4.78, 5) is 11.5. The van der Waals surface area contributed by atoms with Crippen LogP contribution in [-0.2, 0) is 14.8 Å². The molecule has 0 unspecified atom stereocenters. The number of nitrogens with zero attached hydrogens (tertiary/aromatic N) is 1. The van der Waals surface area contributed by atoms with E-state index in [0.29, 0.717) is 6.42 Å². The Morgan fingerprint density at radius 3 is 2.56 bits per heavy atom. The van der Waals surface area contributed by atoms with E-state index in [4.69, 9.17) is 0 Å². The molecular formula is C13H13NO3S. The van der Waals surface area contributed by atoms with Crippen LogP contribution in [0.4, 0.5) is 0 Å². The highest BCUT2D eigenvalue weighted by atomic mass is 32.2. The summed E-state index contributed by atoms with van der Waals surface area (Å²) in [5, 5.41) is 1.07. The van der Waals surface area contributed by atoms with Gasteiger partial charge in [-0.15, -0.1) is 0 Å². The predicted octanol–water partition coefficient (Wildman–Crippen LogP) is 1.78. The molecule has 1 heterocycles. The molecule has 1 aromatic carbocycles. The Morgan fingerprint density at radius 1 is 1.17 bits per heavy atom. The van der Waals surface area contributed by atoms with Gasteiger partial charge in [0.25, 0.3) is 15.9 Å². The van der Waals surface area contributed by atoms with Gasteiger partial charge in [-0.05, 0) is 18.1 Å². The Labute approximate surface area is 106 Å². The zero-order chi connectivity index (χ0) is 13.0. The lowest BCUT2D eigenvalue weighted by molar-refractivity contribution is -0.121. The Balaban J connectivity index is 2.20. The van der Waals surface area contributed by atoms with Crippen LogP contribution in [0.3, 0.4) is 0 Å². The number of carbonyl (C=O) groups excluding carboxylic acids is 1. The second-order valence-electron chi connectivity index (χ2n) is 3.86. The molecule has 1 aliphatic rings. The maximum Gasteiger partial charge on any atom is 0.259 e. The normalized spacial score (nSPS) is 16.4. The molecule has 2 rings (SSSR count). The first-order chi connectivity index (χ1) is 8.59. The summed E-state index contributed by atoms with van der Waals surface area (Å²) in [6.07, 6.45) is 5.01. The highest BCUT2D eigenvalue weighted by Gasteiger charge is 2.24. The van der Waals surface area contributed by atoms with E-state index in [1.165, 1.54) is 12.2 Å². The maximum absolute atomic E-state index is 12.0.